The number of ether oxygens (including phenoxy) is 1. The van der Waals surface area contributed by atoms with Crippen molar-refractivity contribution in [3.05, 3.63) is 29.3 Å². The fourth-order valence-electron chi connectivity index (χ4n) is 3.55. The molecule has 28 heavy (non-hydrogen) atoms. The largest absolute Gasteiger partial charge is 0.459 e. The van der Waals surface area contributed by atoms with Crippen molar-refractivity contribution in [2.75, 3.05) is 31.9 Å². The summed E-state index contributed by atoms with van der Waals surface area (Å²) in [5.74, 6) is -0.587. The van der Waals surface area contributed by atoms with Crippen molar-refractivity contribution in [2.24, 2.45) is 5.73 Å². The van der Waals surface area contributed by atoms with Crippen LogP contribution in [0.15, 0.2) is 18.2 Å². The third kappa shape index (κ3) is 6.21. The van der Waals surface area contributed by atoms with Crippen LogP contribution in [0.1, 0.15) is 56.5 Å². The van der Waals surface area contributed by atoms with Crippen LogP contribution in [0.3, 0.4) is 0 Å². The highest BCUT2D eigenvalue weighted by Gasteiger charge is 2.32. The molecule has 0 aromatic heterocycles. The molecule has 1 fully saturated rings. The van der Waals surface area contributed by atoms with Gasteiger partial charge >= 0.3 is 5.97 Å². The Morgan fingerprint density at radius 1 is 1.18 bits per heavy atom. The zero-order valence-corrected chi connectivity index (χ0v) is 17.5. The zero-order chi connectivity index (χ0) is 20.9. The minimum Gasteiger partial charge on any atom is -0.459 e. The molecule has 1 heterocycles. The van der Waals surface area contributed by atoms with E-state index < -0.39 is 11.5 Å². The number of hydrogen-bond acceptors (Lipinski definition) is 6. The molecule has 1 aliphatic rings. The van der Waals surface area contributed by atoms with Crippen molar-refractivity contribution in [2.45, 2.75) is 58.7 Å². The van der Waals surface area contributed by atoms with Gasteiger partial charge in [-0.05, 0) is 51.0 Å². The van der Waals surface area contributed by atoms with Gasteiger partial charge in [-0.15, -0.1) is 0 Å². The summed E-state index contributed by atoms with van der Waals surface area (Å²) in [6, 6.07) is 4.98. The van der Waals surface area contributed by atoms with Gasteiger partial charge in [0.25, 0.3) is 0 Å². The maximum atomic E-state index is 12.6. The molecule has 0 bridgehead atoms. The summed E-state index contributed by atoms with van der Waals surface area (Å²) in [5.41, 5.74) is 12.9. The lowest BCUT2D eigenvalue weighted by Gasteiger charge is -2.39. The van der Waals surface area contributed by atoms with Gasteiger partial charge in [0.2, 0.25) is 5.91 Å². The Morgan fingerprint density at radius 3 is 2.36 bits per heavy atom. The Bertz CT molecular complexity index is 691. The molecule has 0 saturated carbocycles. The highest BCUT2D eigenvalue weighted by molar-refractivity contribution is 5.94. The Morgan fingerprint density at radius 2 is 1.82 bits per heavy atom. The number of anilines is 1. The number of nitrogens with zero attached hydrogens (tertiary/aromatic N) is 2. The first kappa shape index (κ1) is 22.2. The Kier molecular flexibility index (Phi) is 7.43. The van der Waals surface area contributed by atoms with Gasteiger partial charge in [0, 0.05) is 44.0 Å². The molecule has 7 nitrogen and oxygen atoms in total. The number of piperazine rings is 1. The van der Waals surface area contributed by atoms with Crippen molar-refractivity contribution in [1.82, 2.24) is 9.80 Å². The first-order valence-electron chi connectivity index (χ1n) is 9.98. The summed E-state index contributed by atoms with van der Waals surface area (Å²) < 4.78 is 5.62. The molecular formula is C21H34N4O3. The molecule has 7 heteroatoms. The molecule has 1 aromatic rings. The molecule has 4 N–H and O–H groups in total. The first-order chi connectivity index (χ1) is 13.1. The minimum atomic E-state index is -0.483. The van der Waals surface area contributed by atoms with Gasteiger partial charge < -0.3 is 16.2 Å². The van der Waals surface area contributed by atoms with Gasteiger partial charge in [0.05, 0.1) is 0 Å². The van der Waals surface area contributed by atoms with Crippen LogP contribution in [0.5, 0.6) is 0 Å². The van der Waals surface area contributed by atoms with Crippen LogP contribution >= 0.6 is 0 Å². The molecule has 1 unspecified atom stereocenters. The standard InChI is InChI=1S/C21H34N4O3/c1-5-6-18(20(27)28-21(2,3)4)25-11-9-24(10-12-25)14-15-13-16(22)7-8-17(15)19(23)26/h7-8,13,18H,5-6,9-12,14,22H2,1-4H3,(H2,23,26). The molecule has 0 spiro atoms. The van der Waals surface area contributed by atoms with Crippen molar-refractivity contribution in [3.8, 4) is 0 Å². The molecule has 0 aliphatic carbocycles. The molecule has 156 valence electrons. The lowest BCUT2D eigenvalue weighted by Crippen LogP contribution is -2.53. The van der Waals surface area contributed by atoms with Crippen LogP contribution in [0, 0.1) is 0 Å². The quantitative estimate of drug-likeness (QED) is 0.545. The Balaban J connectivity index is 2.00. The van der Waals surface area contributed by atoms with Gasteiger partial charge in [-0.3, -0.25) is 19.4 Å². The molecular weight excluding hydrogens is 356 g/mol. The smallest absolute Gasteiger partial charge is 0.323 e. The summed E-state index contributed by atoms with van der Waals surface area (Å²) >= 11 is 0. The summed E-state index contributed by atoms with van der Waals surface area (Å²) in [5, 5.41) is 0. The summed E-state index contributed by atoms with van der Waals surface area (Å²) in [6.07, 6.45) is 1.71. The van der Waals surface area contributed by atoms with Crippen LogP contribution < -0.4 is 11.5 Å². The fraction of sp³-hybridized carbons (Fsp3) is 0.619. The third-order valence-electron chi connectivity index (χ3n) is 4.88. The molecule has 1 atom stereocenters. The molecule has 1 saturated heterocycles. The second kappa shape index (κ2) is 9.39. The lowest BCUT2D eigenvalue weighted by molar-refractivity contribution is -0.162. The van der Waals surface area contributed by atoms with Crippen molar-refractivity contribution in [1.29, 1.82) is 0 Å². The van der Waals surface area contributed by atoms with E-state index in [9.17, 15) is 9.59 Å². The Labute approximate surface area is 168 Å². The lowest BCUT2D eigenvalue weighted by atomic mass is 10.0. The van der Waals surface area contributed by atoms with Crippen LogP contribution in [0.25, 0.3) is 0 Å². The number of primary amides is 1. The van der Waals surface area contributed by atoms with Gasteiger partial charge in [-0.2, -0.15) is 0 Å². The predicted molar refractivity (Wildman–Crippen MR) is 111 cm³/mol. The minimum absolute atomic E-state index is 0.144. The average molecular weight is 391 g/mol. The van der Waals surface area contributed by atoms with Crippen LogP contribution in [0.4, 0.5) is 5.69 Å². The number of carbonyl (C=O) groups excluding carboxylic acids is 2. The maximum Gasteiger partial charge on any atom is 0.323 e. The number of benzene rings is 1. The van der Waals surface area contributed by atoms with Crippen LogP contribution in [-0.2, 0) is 16.1 Å². The van der Waals surface area contributed by atoms with E-state index in [4.69, 9.17) is 16.2 Å². The first-order valence-corrected chi connectivity index (χ1v) is 9.98. The SMILES string of the molecule is CCCC(C(=O)OC(C)(C)C)N1CCN(Cc2cc(N)ccc2C(N)=O)CC1. The number of nitrogen functional groups attached to an aromatic ring is 1. The molecule has 1 aromatic carbocycles. The van der Waals surface area contributed by atoms with Crippen molar-refractivity contribution >= 4 is 17.6 Å². The van der Waals surface area contributed by atoms with E-state index in [0.29, 0.717) is 17.8 Å². The van der Waals surface area contributed by atoms with E-state index in [1.807, 2.05) is 26.8 Å². The monoisotopic (exact) mass is 390 g/mol. The zero-order valence-electron chi connectivity index (χ0n) is 17.5. The average Bonchev–Trinajstić information content (AvgIpc) is 2.59. The third-order valence-corrected chi connectivity index (χ3v) is 4.88. The number of esters is 1. The second-order valence-corrected chi connectivity index (χ2v) is 8.43. The topological polar surface area (TPSA) is 102 Å². The fourth-order valence-corrected chi connectivity index (χ4v) is 3.55. The van der Waals surface area contributed by atoms with E-state index in [1.54, 1.807) is 12.1 Å². The summed E-state index contributed by atoms with van der Waals surface area (Å²) in [6.45, 7) is 11.5. The number of hydrogen-bond donors (Lipinski definition) is 2. The Hall–Kier alpha value is -2.12. The normalized spacial score (nSPS) is 17.3. The van der Waals surface area contributed by atoms with Gasteiger partial charge in [0.15, 0.2) is 0 Å². The number of carbonyl (C=O) groups is 2. The molecule has 1 amide bonds. The molecule has 0 radical (unpaired) electrons. The van der Waals surface area contributed by atoms with E-state index in [-0.39, 0.29) is 12.0 Å². The summed E-state index contributed by atoms with van der Waals surface area (Å²) in [7, 11) is 0. The van der Waals surface area contributed by atoms with E-state index in [2.05, 4.69) is 16.7 Å². The maximum absolute atomic E-state index is 12.6. The number of amides is 1. The number of nitrogens with two attached hydrogens (primary N) is 2. The van der Waals surface area contributed by atoms with E-state index in [1.165, 1.54) is 0 Å². The number of rotatable bonds is 7. The van der Waals surface area contributed by atoms with Crippen molar-refractivity contribution < 1.29 is 14.3 Å². The molecule has 2 rings (SSSR count). The van der Waals surface area contributed by atoms with Gasteiger partial charge in [-0.25, -0.2) is 0 Å². The van der Waals surface area contributed by atoms with E-state index >= 15 is 0 Å². The van der Waals surface area contributed by atoms with Gasteiger partial charge in [0.1, 0.15) is 11.6 Å². The van der Waals surface area contributed by atoms with E-state index in [0.717, 1.165) is 44.6 Å². The highest BCUT2D eigenvalue weighted by Crippen LogP contribution is 2.20. The second-order valence-electron chi connectivity index (χ2n) is 8.43. The van der Waals surface area contributed by atoms with Crippen LogP contribution in [-0.4, -0.2) is 59.5 Å². The van der Waals surface area contributed by atoms with Crippen LogP contribution in [0.2, 0.25) is 0 Å². The summed E-state index contributed by atoms with van der Waals surface area (Å²) in [4.78, 5) is 28.8. The molecule has 1 aliphatic heterocycles. The van der Waals surface area contributed by atoms with Crippen molar-refractivity contribution in [3.63, 3.8) is 0 Å². The van der Waals surface area contributed by atoms with Gasteiger partial charge in [-0.1, -0.05) is 13.3 Å². The predicted octanol–water partition coefficient (Wildman–Crippen LogP) is 2.00. The highest BCUT2D eigenvalue weighted by atomic mass is 16.6.